The standard InChI is InChI=1S/C16H16N2O3S2/c1-18(23(3,19)20)13-4-9-16(12(10-13)11-17)21-14-5-7-15(22-2)8-6-14/h4-10H,1-3H3. The van der Waals surface area contributed by atoms with E-state index in [0.717, 1.165) is 15.5 Å². The monoisotopic (exact) mass is 348 g/mol. The zero-order valence-corrected chi connectivity index (χ0v) is 14.6. The molecule has 0 aliphatic heterocycles. The third kappa shape index (κ3) is 4.18. The maximum atomic E-state index is 11.6. The molecule has 0 aliphatic carbocycles. The Morgan fingerprint density at radius 1 is 1.17 bits per heavy atom. The fourth-order valence-corrected chi connectivity index (χ4v) is 2.76. The zero-order valence-electron chi connectivity index (χ0n) is 13.0. The van der Waals surface area contributed by atoms with Crippen molar-refractivity contribution in [2.45, 2.75) is 4.90 Å². The van der Waals surface area contributed by atoms with Crippen molar-refractivity contribution in [3.8, 4) is 17.6 Å². The number of rotatable bonds is 5. The minimum Gasteiger partial charge on any atom is -0.456 e. The molecule has 7 heteroatoms. The summed E-state index contributed by atoms with van der Waals surface area (Å²) in [6.07, 6.45) is 3.09. The summed E-state index contributed by atoms with van der Waals surface area (Å²) in [6, 6.07) is 14.2. The summed E-state index contributed by atoms with van der Waals surface area (Å²) >= 11 is 1.63. The molecule has 0 spiro atoms. The third-order valence-electron chi connectivity index (χ3n) is 3.23. The van der Waals surface area contributed by atoms with E-state index in [1.54, 1.807) is 23.9 Å². The van der Waals surface area contributed by atoms with Crippen LogP contribution in [0.4, 0.5) is 5.69 Å². The fourth-order valence-electron chi connectivity index (χ4n) is 1.85. The van der Waals surface area contributed by atoms with Gasteiger partial charge in [0.05, 0.1) is 17.5 Å². The molecule has 0 amide bonds. The van der Waals surface area contributed by atoms with Crippen LogP contribution in [0.25, 0.3) is 0 Å². The highest BCUT2D eigenvalue weighted by molar-refractivity contribution is 7.98. The van der Waals surface area contributed by atoms with Crippen LogP contribution < -0.4 is 9.04 Å². The number of hydrogen-bond acceptors (Lipinski definition) is 5. The first-order valence-corrected chi connectivity index (χ1v) is 9.72. The van der Waals surface area contributed by atoms with Crippen molar-refractivity contribution >= 4 is 27.5 Å². The molecule has 23 heavy (non-hydrogen) atoms. The van der Waals surface area contributed by atoms with E-state index in [1.165, 1.54) is 13.1 Å². The molecule has 0 aromatic heterocycles. The summed E-state index contributed by atoms with van der Waals surface area (Å²) < 4.78 is 30.0. The predicted molar refractivity (Wildman–Crippen MR) is 92.7 cm³/mol. The molecule has 0 unspecified atom stereocenters. The Labute approximate surface area is 140 Å². The SMILES string of the molecule is CSc1ccc(Oc2ccc(N(C)S(C)(=O)=O)cc2C#N)cc1. The van der Waals surface area contributed by atoms with Gasteiger partial charge in [0.25, 0.3) is 0 Å². The number of thioether (sulfide) groups is 1. The number of nitriles is 1. The molecular formula is C16H16N2O3S2. The van der Waals surface area contributed by atoms with Gasteiger partial charge in [0.15, 0.2) is 0 Å². The van der Waals surface area contributed by atoms with Crippen molar-refractivity contribution in [3.63, 3.8) is 0 Å². The predicted octanol–water partition coefficient (Wildman–Crippen LogP) is 3.47. The van der Waals surface area contributed by atoms with Crippen LogP contribution in [0.2, 0.25) is 0 Å². The Hall–Kier alpha value is -2.17. The van der Waals surface area contributed by atoms with Crippen LogP contribution in [0, 0.1) is 11.3 Å². The molecule has 0 bridgehead atoms. The Bertz CT molecular complexity index is 841. The lowest BCUT2D eigenvalue weighted by molar-refractivity contribution is 0.480. The molecule has 120 valence electrons. The smallest absolute Gasteiger partial charge is 0.231 e. The average molecular weight is 348 g/mol. The van der Waals surface area contributed by atoms with Gasteiger partial charge in [-0.15, -0.1) is 11.8 Å². The summed E-state index contributed by atoms with van der Waals surface area (Å²) in [5.41, 5.74) is 0.682. The summed E-state index contributed by atoms with van der Waals surface area (Å²) in [7, 11) is -1.94. The number of hydrogen-bond donors (Lipinski definition) is 0. The Kier molecular flexibility index (Phi) is 5.19. The highest BCUT2D eigenvalue weighted by Gasteiger charge is 2.14. The van der Waals surface area contributed by atoms with Crippen LogP contribution in [0.15, 0.2) is 47.4 Å². The summed E-state index contributed by atoms with van der Waals surface area (Å²) in [6.45, 7) is 0. The second-order valence-corrected chi connectivity index (χ2v) is 7.69. The van der Waals surface area contributed by atoms with E-state index in [0.29, 0.717) is 17.2 Å². The van der Waals surface area contributed by atoms with Crippen LogP contribution >= 0.6 is 11.8 Å². The molecule has 0 atom stereocenters. The number of sulfonamides is 1. The van der Waals surface area contributed by atoms with Crippen LogP contribution in [0.3, 0.4) is 0 Å². The van der Waals surface area contributed by atoms with Gasteiger partial charge in [0, 0.05) is 11.9 Å². The Balaban J connectivity index is 2.31. The Morgan fingerprint density at radius 3 is 2.35 bits per heavy atom. The van der Waals surface area contributed by atoms with Crippen molar-refractivity contribution in [2.24, 2.45) is 0 Å². The normalized spacial score (nSPS) is 10.9. The fraction of sp³-hybridized carbons (Fsp3) is 0.188. The van der Waals surface area contributed by atoms with Crippen LogP contribution in [-0.4, -0.2) is 28.0 Å². The van der Waals surface area contributed by atoms with Crippen molar-refractivity contribution in [3.05, 3.63) is 48.0 Å². The largest absolute Gasteiger partial charge is 0.456 e. The minimum absolute atomic E-state index is 0.270. The minimum atomic E-state index is -3.38. The van der Waals surface area contributed by atoms with E-state index in [4.69, 9.17) is 4.74 Å². The molecule has 2 aromatic carbocycles. The summed E-state index contributed by atoms with van der Waals surface area (Å²) in [5.74, 6) is 0.999. The molecule has 5 nitrogen and oxygen atoms in total. The van der Waals surface area contributed by atoms with E-state index in [9.17, 15) is 13.7 Å². The van der Waals surface area contributed by atoms with E-state index >= 15 is 0 Å². The first kappa shape index (κ1) is 17.2. The molecule has 2 rings (SSSR count). The number of nitrogens with zero attached hydrogens (tertiary/aromatic N) is 2. The van der Waals surface area contributed by atoms with Crippen LogP contribution in [0.1, 0.15) is 5.56 Å². The van der Waals surface area contributed by atoms with Gasteiger partial charge in [0.2, 0.25) is 10.0 Å². The number of ether oxygens (including phenoxy) is 1. The summed E-state index contributed by atoms with van der Waals surface area (Å²) in [5, 5.41) is 9.29. The van der Waals surface area contributed by atoms with Crippen molar-refractivity contribution in [1.82, 2.24) is 0 Å². The maximum Gasteiger partial charge on any atom is 0.231 e. The van der Waals surface area contributed by atoms with Crippen molar-refractivity contribution < 1.29 is 13.2 Å². The molecular weight excluding hydrogens is 332 g/mol. The van der Waals surface area contributed by atoms with Gasteiger partial charge < -0.3 is 4.74 Å². The topological polar surface area (TPSA) is 70.4 Å². The lowest BCUT2D eigenvalue weighted by atomic mass is 10.2. The van der Waals surface area contributed by atoms with Crippen molar-refractivity contribution in [2.75, 3.05) is 23.9 Å². The van der Waals surface area contributed by atoms with Gasteiger partial charge in [-0.05, 0) is 48.7 Å². The first-order valence-electron chi connectivity index (χ1n) is 6.65. The maximum absolute atomic E-state index is 11.6. The highest BCUT2D eigenvalue weighted by Crippen LogP contribution is 2.30. The van der Waals surface area contributed by atoms with E-state index in [1.807, 2.05) is 36.6 Å². The molecule has 0 radical (unpaired) electrons. The number of benzene rings is 2. The lowest BCUT2D eigenvalue weighted by Crippen LogP contribution is -2.24. The lowest BCUT2D eigenvalue weighted by Gasteiger charge is -2.17. The first-order chi connectivity index (χ1) is 10.8. The summed E-state index contributed by atoms with van der Waals surface area (Å²) in [4.78, 5) is 1.11. The molecule has 0 fully saturated rings. The Morgan fingerprint density at radius 2 is 1.83 bits per heavy atom. The molecule has 2 aromatic rings. The zero-order chi connectivity index (χ0) is 17.0. The molecule has 0 saturated carbocycles. The van der Waals surface area contributed by atoms with Gasteiger partial charge in [-0.2, -0.15) is 5.26 Å². The third-order valence-corrected chi connectivity index (χ3v) is 5.18. The quantitative estimate of drug-likeness (QED) is 0.774. The van der Waals surface area contributed by atoms with E-state index in [2.05, 4.69) is 0 Å². The van der Waals surface area contributed by atoms with Crippen LogP contribution in [0.5, 0.6) is 11.5 Å². The second-order valence-electron chi connectivity index (χ2n) is 4.80. The molecule has 0 saturated heterocycles. The van der Waals surface area contributed by atoms with Crippen molar-refractivity contribution in [1.29, 1.82) is 5.26 Å². The van der Waals surface area contributed by atoms with Gasteiger partial charge in [0.1, 0.15) is 17.6 Å². The van der Waals surface area contributed by atoms with Gasteiger partial charge in [-0.1, -0.05) is 0 Å². The second kappa shape index (κ2) is 6.94. The van der Waals surface area contributed by atoms with Crippen LogP contribution in [-0.2, 0) is 10.0 Å². The van der Waals surface area contributed by atoms with Gasteiger partial charge in [-0.25, -0.2) is 8.42 Å². The van der Waals surface area contributed by atoms with E-state index in [-0.39, 0.29) is 5.56 Å². The molecule has 0 heterocycles. The average Bonchev–Trinajstić information content (AvgIpc) is 2.54. The van der Waals surface area contributed by atoms with E-state index < -0.39 is 10.0 Å². The highest BCUT2D eigenvalue weighted by atomic mass is 32.2. The van der Waals surface area contributed by atoms with Gasteiger partial charge >= 0.3 is 0 Å². The molecule has 0 N–H and O–H groups in total. The molecule has 0 aliphatic rings. The number of anilines is 1. The van der Waals surface area contributed by atoms with Gasteiger partial charge in [-0.3, -0.25) is 4.31 Å².